The van der Waals surface area contributed by atoms with Crippen LogP contribution in [0.1, 0.15) is 83.9 Å². The molecule has 0 N–H and O–H groups in total. The van der Waals surface area contributed by atoms with Gasteiger partial charge in [-0.1, -0.05) is 37.6 Å². The number of hydrogen-bond donors (Lipinski definition) is 0. The minimum Gasteiger partial charge on any atom is -0.497 e. The Labute approximate surface area is 305 Å². The summed E-state index contributed by atoms with van der Waals surface area (Å²) < 4.78 is 30.3. The zero-order valence-electron chi connectivity index (χ0n) is 32.4. The Balaban J connectivity index is 1.56. The van der Waals surface area contributed by atoms with Gasteiger partial charge in [-0.3, -0.25) is 0 Å². The topological polar surface area (TPSA) is 69.5 Å². The van der Waals surface area contributed by atoms with Crippen molar-refractivity contribution in [2.45, 2.75) is 91.1 Å². The number of carbonyl (C=O) groups excluding carboxylic acids is 1. The third kappa shape index (κ3) is 8.02. The third-order valence-corrected chi connectivity index (χ3v) is 10.3. The fraction of sp³-hybridized carbons (Fsp3) is 0.488. The average Bonchev–Trinajstić information content (AvgIpc) is 3.63. The number of methoxy groups -OCH3 is 3. The summed E-state index contributed by atoms with van der Waals surface area (Å²) in [6, 6.07) is 13.0. The van der Waals surface area contributed by atoms with E-state index in [4.69, 9.17) is 23.7 Å². The number of allylic oxidation sites excluding steroid dienone is 7. The molecule has 3 aliphatic rings. The van der Waals surface area contributed by atoms with E-state index in [1.807, 2.05) is 19.9 Å². The van der Waals surface area contributed by atoms with Crippen LogP contribution in [0.15, 0.2) is 83.3 Å². The lowest BCUT2D eigenvalue weighted by molar-refractivity contribution is -0.438. The maximum absolute atomic E-state index is 13.0. The van der Waals surface area contributed by atoms with E-state index in [1.54, 1.807) is 21.3 Å². The number of ether oxygens (including phenoxy) is 5. The van der Waals surface area contributed by atoms with Gasteiger partial charge >= 0.3 is 6.16 Å². The molecule has 1 aliphatic carbocycles. The fourth-order valence-corrected chi connectivity index (χ4v) is 7.60. The molecule has 8 nitrogen and oxygen atoms in total. The minimum absolute atomic E-state index is 0.206. The molecular weight excluding hydrogens is 640 g/mol. The van der Waals surface area contributed by atoms with Crippen molar-refractivity contribution < 1.29 is 33.1 Å². The number of fused-ring (bicyclic) bond motifs is 2. The highest BCUT2D eigenvalue weighted by Crippen LogP contribution is 2.48. The molecule has 2 aliphatic heterocycles. The first-order chi connectivity index (χ1) is 24.3. The first kappa shape index (κ1) is 38.1. The molecule has 0 saturated heterocycles. The van der Waals surface area contributed by atoms with Gasteiger partial charge in [-0.15, -0.1) is 0 Å². The normalized spacial score (nSPS) is 19.2. The summed E-state index contributed by atoms with van der Waals surface area (Å²) >= 11 is 0. The summed E-state index contributed by atoms with van der Waals surface area (Å²) in [7, 11) is 5.19. The quantitative estimate of drug-likeness (QED) is 0.111. The molecule has 2 aromatic rings. The first-order valence-electron chi connectivity index (χ1n) is 18.2. The molecule has 274 valence electrons. The van der Waals surface area contributed by atoms with Crippen molar-refractivity contribution in [1.29, 1.82) is 0 Å². The highest BCUT2D eigenvalue weighted by atomic mass is 16.7. The molecule has 0 spiro atoms. The van der Waals surface area contributed by atoms with Crippen LogP contribution in [0, 0.1) is 6.92 Å². The molecule has 0 aromatic heterocycles. The van der Waals surface area contributed by atoms with E-state index >= 15 is 0 Å². The summed E-state index contributed by atoms with van der Waals surface area (Å²) in [5.74, 6) is 1.41. The van der Waals surface area contributed by atoms with E-state index in [1.165, 1.54) is 39.5 Å². The predicted molar refractivity (Wildman–Crippen MR) is 205 cm³/mol. The second kappa shape index (κ2) is 16.0. The van der Waals surface area contributed by atoms with Crippen LogP contribution in [0.5, 0.6) is 5.75 Å². The maximum Gasteiger partial charge on any atom is 0.514 e. The van der Waals surface area contributed by atoms with Gasteiger partial charge in [0.1, 0.15) is 11.5 Å². The lowest BCUT2D eigenvalue weighted by Crippen LogP contribution is -2.28. The van der Waals surface area contributed by atoms with Crippen LogP contribution >= 0.6 is 0 Å². The third-order valence-electron chi connectivity index (χ3n) is 10.3. The Bertz CT molecular complexity index is 1770. The summed E-state index contributed by atoms with van der Waals surface area (Å²) in [4.78, 5) is 15.4. The van der Waals surface area contributed by atoms with E-state index in [-0.39, 0.29) is 16.9 Å². The van der Waals surface area contributed by atoms with Crippen LogP contribution in [0.25, 0.3) is 0 Å². The van der Waals surface area contributed by atoms with E-state index < -0.39 is 6.16 Å². The molecule has 2 aromatic carbocycles. The second-order valence-corrected chi connectivity index (χ2v) is 15.0. The Hall–Kier alpha value is -4.14. The van der Waals surface area contributed by atoms with E-state index in [2.05, 4.69) is 98.7 Å². The van der Waals surface area contributed by atoms with Crippen molar-refractivity contribution in [3.05, 3.63) is 100.0 Å². The predicted octanol–water partition coefficient (Wildman–Crippen LogP) is 9.23. The molecular formula is C43H57N2O6+. The van der Waals surface area contributed by atoms with Gasteiger partial charge < -0.3 is 28.6 Å². The smallest absolute Gasteiger partial charge is 0.497 e. The van der Waals surface area contributed by atoms with E-state index in [0.717, 1.165) is 55.7 Å². The zero-order valence-corrected chi connectivity index (χ0v) is 32.4. The minimum atomic E-state index is -0.689. The SMILES string of the molecule is COCCCN1/C(=C/C=C2\CCC(/C=C/C3=[N+](CCCOC)c4ccc(OC)cc4C3(C)C)=C2OC(=O)OC(C)C)C(C)(C)c2cc(C)ccc21. The van der Waals surface area contributed by atoms with Gasteiger partial charge in [0.05, 0.1) is 25.2 Å². The highest BCUT2D eigenvalue weighted by Gasteiger charge is 2.45. The Morgan fingerprint density at radius 3 is 2.35 bits per heavy atom. The molecule has 8 heteroatoms. The molecule has 0 radical (unpaired) electrons. The van der Waals surface area contributed by atoms with Crippen LogP contribution in [-0.4, -0.2) is 70.2 Å². The molecule has 5 rings (SSSR count). The number of anilines is 1. The van der Waals surface area contributed by atoms with Gasteiger partial charge in [0, 0.05) is 68.3 Å². The molecule has 0 bridgehead atoms. The van der Waals surface area contributed by atoms with Crippen molar-refractivity contribution in [1.82, 2.24) is 0 Å². The largest absolute Gasteiger partial charge is 0.514 e. The van der Waals surface area contributed by atoms with Gasteiger partial charge in [-0.25, -0.2) is 4.79 Å². The number of hydrogen-bond acceptors (Lipinski definition) is 7. The number of benzene rings is 2. The first-order valence-corrected chi connectivity index (χ1v) is 18.2. The number of rotatable bonds is 14. The van der Waals surface area contributed by atoms with Crippen molar-refractivity contribution >= 4 is 23.2 Å². The van der Waals surface area contributed by atoms with Gasteiger partial charge in [0.2, 0.25) is 5.69 Å². The van der Waals surface area contributed by atoms with Crippen LogP contribution < -0.4 is 9.64 Å². The molecule has 0 atom stereocenters. The summed E-state index contributed by atoms with van der Waals surface area (Å²) in [5, 5.41) is 0. The van der Waals surface area contributed by atoms with Gasteiger partial charge in [0.25, 0.3) is 0 Å². The van der Waals surface area contributed by atoms with Crippen molar-refractivity contribution in [2.75, 3.05) is 52.5 Å². The Kier molecular flexibility index (Phi) is 12.0. The lowest BCUT2D eigenvalue weighted by atomic mass is 9.81. The highest BCUT2D eigenvalue weighted by molar-refractivity contribution is 6.03. The molecule has 0 unspecified atom stereocenters. The summed E-state index contributed by atoms with van der Waals surface area (Å²) in [6.45, 7) is 17.9. The summed E-state index contributed by atoms with van der Waals surface area (Å²) in [6.07, 6.45) is 11.0. The fourth-order valence-electron chi connectivity index (χ4n) is 7.60. The van der Waals surface area contributed by atoms with Gasteiger partial charge in [-0.2, -0.15) is 4.58 Å². The van der Waals surface area contributed by atoms with Crippen LogP contribution in [0.4, 0.5) is 16.2 Å². The molecule has 51 heavy (non-hydrogen) atoms. The number of nitrogens with zero attached hydrogens (tertiary/aromatic N) is 2. The molecule has 0 saturated carbocycles. The van der Waals surface area contributed by atoms with Crippen LogP contribution in [0.2, 0.25) is 0 Å². The Morgan fingerprint density at radius 2 is 1.65 bits per heavy atom. The monoisotopic (exact) mass is 697 g/mol. The van der Waals surface area contributed by atoms with E-state index in [0.29, 0.717) is 19.0 Å². The van der Waals surface area contributed by atoms with Gasteiger partial charge in [0.15, 0.2) is 12.3 Å². The number of aryl methyl sites for hydroxylation is 1. The average molecular weight is 698 g/mol. The van der Waals surface area contributed by atoms with Crippen molar-refractivity contribution in [3.8, 4) is 5.75 Å². The number of carbonyl (C=O) groups is 1. The molecule has 0 fully saturated rings. The van der Waals surface area contributed by atoms with E-state index in [9.17, 15) is 4.79 Å². The van der Waals surface area contributed by atoms with Crippen LogP contribution in [0.3, 0.4) is 0 Å². The van der Waals surface area contributed by atoms with Crippen LogP contribution in [-0.2, 0) is 29.8 Å². The summed E-state index contributed by atoms with van der Waals surface area (Å²) in [5.41, 5.74) is 10.0. The molecule has 2 heterocycles. The second-order valence-electron chi connectivity index (χ2n) is 15.0. The maximum atomic E-state index is 13.0. The Morgan fingerprint density at radius 1 is 0.902 bits per heavy atom. The van der Waals surface area contributed by atoms with Crippen molar-refractivity contribution in [2.24, 2.45) is 0 Å². The molecule has 0 amide bonds. The van der Waals surface area contributed by atoms with Crippen molar-refractivity contribution in [3.63, 3.8) is 0 Å². The standard InChI is InChI=1S/C43H57N2O6/c1-29(2)50-41(46)51-40-31(16-21-38-42(4,5)34-27-30(3)13-19-36(34)44(38)23-11-25-47-8)14-15-32(40)17-22-39-43(6,7)35-28-33(49-10)18-20-37(35)45(39)24-12-26-48-9/h13,16-22,27-29H,11-12,14-15,23-26H2,1-10H3/q+1. The lowest BCUT2D eigenvalue weighted by Gasteiger charge is -2.27. The zero-order chi connectivity index (χ0) is 36.9. The van der Waals surface area contributed by atoms with Gasteiger partial charge in [-0.05, 0) is 101 Å².